The molecule has 0 aliphatic carbocycles. The first-order chi connectivity index (χ1) is 8.95. The van der Waals surface area contributed by atoms with E-state index in [1.807, 2.05) is 0 Å². The van der Waals surface area contributed by atoms with Crippen LogP contribution in [0.2, 0.25) is 0 Å². The van der Waals surface area contributed by atoms with Gasteiger partial charge < -0.3 is 37.6 Å². The van der Waals surface area contributed by atoms with E-state index in [4.69, 9.17) is 31.9 Å². The Hall–Kier alpha value is -2.24. The third-order valence-electron chi connectivity index (χ3n) is 1.28. The standard InChI is InChI=1S/C4H7NO4.C3H7NO2.C2H5NO2/c5-2(4(8)9)1-3(6)7;1-2(4)3(5)6;3-1-2(4)5/h2H,1,5H2,(H,6,7)(H,8,9);2H,4H2,1H3,(H,5,6);1,3H2,(H,4,5)/t2*2-;/m00./s1. The molecule has 0 aliphatic rings. The summed E-state index contributed by atoms with van der Waals surface area (Å²) in [6.45, 7) is 1.14. The highest BCUT2D eigenvalue weighted by Gasteiger charge is 2.14. The fraction of sp³-hybridized carbons (Fsp3) is 0.556. The Kier molecular flexibility index (Phi) is 15.1. The molecule has 0 saturated heterocycles. The summed E-state index contributed by atoms with van der Waals surface area (Å²) in [4.78, 5) is 38.4. The first-order valence-corrected chi connectivity index (χ1v) is 5.06. The summed E-state index contributed by atoms with van der Waals surface area (Å²) in [6, 6.07) is -2.02. The van der Waals surface area contributed by atoms with Crippen LogP contribution in [-0.4, -0.2) is 62.9 Å². The number of carboxylic acid groups (broad SMARTS) is 4. The van der Waals surface area contributed by atoms with Crippen molar-refractivity contribution in [1.82, 2.24) is 0 Å². The van der Waals surface area contributed by atoms with Crippen molar-refractivity contribution in [3.63, 3.8) is 0 Å². The second-order valence-electron chi connectivity index (χ2n) is 3.27. The van der Waals surface area contributed by atoms with E-state index in [-0.39, 0.29) is 6.54 Å². The van der Waals surface area contributed by atoms with Gasteiger partial charge in [0.05, 0.1) is 13.0 Å². The van der Waals surface area contributed by atoms with Crippen LogP contribution in [0.3, 0.4) is 0 Å². The van der Waals surface area contributed by atoms with E-state index >= 15 is 0 Å². The zero-order valence-corrected chi connectivity index (χ0v) is 10.7. The van der Waals surface area contributed by atoms with Crippen molar-refractivity contribution >= 4 is 23.9 Å². The minimum atomic E-state index is -1.29. The molecule has 2 atom stereocenters. The molecule has 20 heavy (non-hydrogen) atoms. The minimum absolute atomic E-state index is 0.278. The Labute approximate surface area is 114 Å². The second kappa shape index (κ2) is 13.2. The number of carbonyl (C=O) groups is 4. The van der Waals surface area contributed by atoms with E-state index in [1.54, 1.807) is 0 Å². The van der Waals surface area contributed by atoms with Gasteiger partial charge in [0, 0.05) is 0 Å². The molecule has 11 nitrogen and oxygen atoms in total. The Morgan fingerprint density at radius 3 is 1.25 bits per heavy atom. The average molecular weight is 297 g/mol. The van der Waals surface area contributed by atoms with Crippen molar-refractivity contribution in [2.75, 3.05) is 6.54 Å². The van der Waals surface area contributed by atoms with Gasteiger partial charge in [-0.3, -0.25) is 19.2 Å². The van der Waals surface area contributed by atoms with Gasteiger partial charge in [-0.25, -0.2) is 0 Å². The van der Waals surface area contributed by atoms with E-state index in [0.717, 1.165) is 0 Å². The Morgan fingerprint density at radius 2 is 1.20 bits per heavy atom. The van der Waals surface area contributed by atoms with Gasteiger partial charge >= 0.3 is 23.9 Å². The highest BCUT2D eigenvalue weighted by molar-refractivity contribution is 5.80. The van der Waals surface area contributed by atoms with Gasteiger partial charge in [0.2, 0.25) is 0 Å². The molecule has 0 rings (SSSR count). The number of rotatable bonds is 5. The first kappa shape index (κ1) is 22.9. The number of carboxylic acids is 4. The number of aliphatic carboxylic acids is 4. The molecule has 10 N–H and O–H groups in total. The molecule has 118 valence electrons. The van der Waals surface area contributed by atoms with E-state index in [0.29, 0.717) is 0 Å². The number of hydrogen-bond acceptors (Lipinski definition) is 7. The molecule has 0 bridgehead atoms. The third-order valence-corrected chi connectivity index (χ3v) is 1.28. The lowest BCUT2D eigenvalue weighted by Crippen LogP contribution is -2.32. The van der Waals surface area contributed by atoms with E-state index in [1.165, 1.54) is 6.92 Å². The maximum absolute atomic E-state index is 9.85. The topological polar surface area (TPSA) is 227 Å². The maximum Gasteiger partial charge on any atom is 0.321 e. The van der Waals surface area contributed by atoms with Crippen LogP contribution in [0.25, 0.3) is 0 Å². The first-order valence-electron chi connectivity index (χ1n) is 5.06. The molecule has 0 aliphatic heterocycles. The Balaban J connectivity index is -0.000000230. The van der Waals surface area contributed by atoms with E-state index in [9.17, 15) is 19.2 Å². The molecule has 0 heterocycles. The van der Waals surface area contributed by atoms with Crippen molar-refractivity contribution in [1.29, 1.82) is 0 Å². The van der Waals surface area contributed by atoms with Crippen LogP contribution in [0.1, 0.15) is 13.3 Å². The molecule has 0 saturated carbocycles. The molecule has 0 unspecified atom stereocenters. The summed E-state index contributed by atoms with van der Waals surface area (Å²) in [5.74, 6) is -4.43. The quantitative estimate of drug-likeness (QED) is 0.276. The Bertz CT molecular complexity index is 331. The van der Waals surface area contributed by atoms with Crippen LogP contribution in [0, 0.1) is 0 Å². The van der Waals surface area contributed by atoms with E-state index < -0.39 is 42.4 Å². The van der Waals surface area contributed by atoms with Crippen molar-refractivity contribution < 1.29 is 39.6 Å². The largest absolute Gasteiger partial charge is 0.481 e. The van der Waals surface area contributed by atoms with E-state index in [2.05, 4.69) is 5.73 Å². The lowest BCUT2D eigenvalue weighted by Gasteiger charge is -1.99. The van der Waals surface area contributed by atoms with Crippen molar-refractivity contribution in [3.05, 3.63) is 0 Å². The summed E-state index contributed by atoms with van der Waals surface area (Å²) in [5.41, 5.74) is 14.2. The molecule has 0 amide bonds. The third kappa shape index (κ3) is 24.8. The van der Waals surface area contributed by atoms with Gasteiger partial charge in [-0.15, -0.1) is 0 Å². The predicted molar refractivity (Wildman–Crippen MR) is 65.8 cm³/mol. The van der Waals surface area contributed by atoms with Crippen LogP contribution >= 0.6 is 0 Å². The second-order valence-corrected chi connectivity index (χ2v) is 3.27. The lowest BCUT2D eigenvalue weighted by molar-refractivity contribution is -0.144. The molecule has 0 spiro atoms. The van der Waals surface area contributed by atoms with Gasteiger partial charge in [-0.05, 0) is 6.92 Å². The summed E-state index contributed by atoms with van der Waals surface area (Å²) in [6.07, 6.45) is -0.532. The van der Waals surface area contributed by atoms with Crippen molar-refractivity contribution in [2.24, 2.45) is 17.2 Å². The Morgan fingerprint density at radius 1 is 0.900 bits per heavy atom. The maximum atomic E-state index is 9.85. The van der Waals surface area contributed by atoms with Gasteiger partial charge in [0.1, 0.15) is 12.1 Å². The molecular weight excluding hydrogens is 278 g/mol. The van der Waals surface area contributed by atoms with Crippen LogP contribution in [0.5, 0.6) is 0 Å². The van der Waals surface area contributed by atoms with Gasteiger partial charge in [0.25, 0.3) is 0 Å². The highest BCUT2D eigenvalue weighted by Crippen LogP contribution is 1.86. The fourth-order valence-electron chi connectivity index (χ4n) is 0.275. The molecule has 0 aromatic heterocycles. The average Bonchev–Trinajstić information content (AvgIpc) is 2.29. The molecule has 11 heteroatoms. The van der Waals surface area contributed by atoms with Gasteiger partial charge in [0.15, 0.2) is 0 Å². The van der Waals surface area contributed by atoms with Crippen LogP contribution in [0.15, 0.2) is 0 Å². The highest BCUT2D eigenvalue weighted by atomic mass is 16.4. The normalized spacial score (nSPS) is 11.6. The van der Waals surface area contributed by atoms with Gasteiger partial charge in [-0.2, -0.15) is 0 Å². The van der Waals surface area contributed by atoms with Crippen molar-refractivity contribution in [2.45, 2.75) is 25.4 Å². The van der Waals surface area contributed by atoms with Crippen LogP contribution in [0.4, 0.5) is 0 Å². The van der Waals surface area contributed by atoms with Crippen LogP contribution < -0.4 is 17.2 Å². The SMILES string of the molecule is C[C@H](N)C(=O)O.NCC(=O)O.N[C@@H](CC(=O)O)C(=O)O. The summed E-state index contributed by atoms with van der Waals surface area (Å²) >= 11 is 0. The smallest absolute Gasteiger partial charge is 0.321 e. The van der Waals surface area contributed by atoms with Crippen molar-refractivity contribution in [3.8, 4) is 0 Å². The molecule has 0 fully saturated rings. The van der Waals surface area contributed by atoms with Crippen LogP contribution in [-0.2, 0) is 19.2 Å². The molecule has 0 aromatic carbocycles. The lowest BCUT2D eigenvalue weighted by atomic mass is 10.2. The summed E-state index contributed by atoms with van der Waals surface area (Å²) < 4.78 is 0. The molecule has 0 radical (unpaired) electrons. The zero-order valence-electron chi connectivity index (χ0n) is 10.7. The number of nitrogens with two attached hydrogens (primary N) is 3. The molecule has 0 aromatic rings. The monoisotopic (exact) mass is 297 g/mol. The minimum Gasteiger partial charge on any atom is -0.481 e. The fourth-order valence-corrected chi connectivity index (χ4v) is 0.275. The summed E-state index contributed by atoms with van der Waals surface area (Å²) in [5, 5.41) is 31.5. The van der Waals surface area contributed by atoms with Gasteiger partial charge in [-0.1, -0.05) is 0 Å². The molecular formula is C9H19N3O8. The summed E-state index contributed by atoms with van der Waals surface area (Å²) in [7, 11) is 0. The zero-order chi connectivity index (χ0) is 16.9. The predicted octanol–water partition coefficient (Wildman–Crippen LogP) is -2.68. The number of hydrogen-bond donors (Lipinski definition) is 7.